The van der Waals surface area contributed by atoms with Crippen molar-refractivity contribution in [3.63, 3.8) is 0 Å². The van der Waals surface area contributed by atoms with E-state index >= 15 is 0 Å². The van der Waals surface area contributed by atoms with E-state index in [-0.39, 0.29) is 23.2 Å². The molecule has 1 aliphatic rings. The third-order valence-electron chi connectivity index (χ3n) is 4.45. The minimum atomic E-state index is -0.226. The zero-order valence-electron chi connectivity index (χ0n) is 13.9. The molecule has 6 heteroatoms. The molecule has 3 rings (SSSR count). The second-order valence-corrected chi connectivity index (χ2v) is 5.97. The van der Waals surface area contributed by atoms with Gasteiger partial charge in [0.25, 0.3) is 0 Å². The SMILES string of the molecule is COC(=O)C1CCN(C(=O)/C=C/c2coc3ccccc3c2=O)CC1. The highest BCUT2D eigenvalue weighted by Crippen LogP contribution is 2.19. The van der Waals surface area contributed by atoms with Crippen LogP contribution in [0, 0.1) is 5.92 Å². The molecule has 1 aromatic heterocycles. The van der Waals surface area contributed by atoms with Gasteiger partial charge in [0.05, 0.1) is 24.0 Å². The number of nitrogens with zero attached hydrogens (tertiary/aromatic N) is 1. The molecule has 0 N–H and O–H groups in total. The average Bonchev–Trinajstić information content (AvgIpc) is 2.67. The Morgan fingerprint density at radius 2 is 1.96 bits per heavy atom. The smallest absolute Gasteiger partial charge is 0.308 e. The molecule has 25 heavy (non-hydrogen) atoms. The number of carbonyl (C=O) groups is 2. The summed E-state index contributed by atoms with van der Waals surface area (Å²) >= 11 is 0. The molecular weight excluding hydrogens is 322 g/mol. The maximum atomic E-state index is 12.4. The van der Waals surface area contributed by atoms with Crippen molar-refractivity contribution >= 4 is 28.9 Å². The molecule has 0 saturated carbocycles. The molecule has 6 nitrogen and oxygen atoms in total. The van der Waals surface area contributed by atoms with Crippen molar-refractivity contribution in [2.75, 3.05) is 20.2 Å². The molecule has 2 heterocycles. The van der Waals surface area contributed by atoms with Crippen molar-refractivity contribution in [2.45, 2.75) is 12.8 Å². The molecule has 1 aliphatic heterocycles. The third kappa shape index (κ3) is 3.63. The molecule has 130 valence electrons. The van der Waals surface area contributed by atoms with E-state index in [4.69, 9.17) is 9.15 Å². The number of esters is 1. The van der Waals surface area contributed by atoms with Gasteiger partial charge >= 0.3 is 5.97 Å². The second kappa shape index (κ2) is 7.34. The summed E-state index contributed by atoms with van der Waals surface area (Å²) in [4.78, 5) is 37.8. The van der Waals surface area contributed by atoms with Crippen LogP contribution in [0.25, 0.3) is 17.0 Å². The van der Waals surface area contributed by atoms with Crippen molar-refractivity contribution < 1.29 is 18.7 Å². The van der Waals surface area contributed by atoms with E-state index in [1.165, 1.54) is 25.5 Å². The number of para-hydroxylation sites is 1. The number of hydrogen-bond acceptors (Lipinski definition) is 5. The summed E-state index contributed by atoms with van der Waals surface area (Å²) in [5.41, 5.74) is 0.674. The van der Waals surface area contributed by atoms with Crippen molar-refractivity contribution in [1.29, 1.82) is 0 Å². The summed E-state index contributed by atoms with van der Waals surface area (Å²) in [5, 5.41) is 0.482. The molecule has 0 aliphatic carbocycles. The van der Waals surface area contributed by atoms with Crippen LogP contribution in [0.1, 0.15) is 18.4 Å². The van der Waals surface area contributed by atoms with Crippen LogP contribution in [-0.2, 0) is 14.3 Å². The van der Waals surface area contributed by atoms with Crippen LogP contribution in [0.2, 0.25) is 0 Å². The summed E-state index contributed by atoms with van der Waals surface area (Å²) in [6.45, 7) is 0.991. The first kappa shape index (κ1) is 17.0. The van der Waals surface area contributed by atoms with Crippen molar-refractivity contribution in [2.24, 2.45) is 5.92 Å². The third-order valence-corrected chi connectivity index (χ3v) is 4.45. The van der Waals surface area contributed by atoms with Crippen molar-refractivity contribution in [1.82, 2.24) is 4.90 Å². The van der Waals surface area contributed by atoms with E-state index in [0.29, 0.717) is 42.5 Å². The minimum Gasteiger partial charge on any atom is -0.469 e. The first-order valence-corrected chi connectivity index (χ1v) is 8.15. The van der Waals surface area contributed by atoms with E-state index in [2.05, 4.69) is 0 Å². The van der Waals surface area contributed by atoms with Gasteiger partial charge in [0, 0.05) is 19.2 Å². The van der Waals surface area contributed by atoms with Gasteiger partial charge in [0.1, 0.15) is 11.8 Å². The van der Waals surface area contributed by atoms with Crippen molar-refractivity contribution in [3.05, 3.63) is 52.4 Å². The van der Waals surface area contributed by atoms with Crippen LogP contribution in [-0.4, -0.2) is 37.0 Å². The van der Waals surface area contributed by atoms with Gasteiger partial charge in [-0.2, -0.15) is 0 Å². The largest absolute Gasteiger partial charge is 0.469 e. The fraction of sp³-hybridized carbons (Fsp3) is 0.316. The van der Waals surface area contributed by atoms with Gasteiger partial charge in [-0.05, 0) is 31.1 Å². The van der Waals surface area contributed by atoms with Gasteiger partial charge < -0.3 is 14.1 Å². The lowest BCUT2D eigenvalue weighted by Gasteiger charge is -2.29. The zero-order valence-corrected chi connectivity index (χ0v) is 13.9. The molecule has 1 fully saturated rings. The Labute approximate surface area is 144 Å². The average molecular weight is 341 g/mol. The summed E-state index contributed by atoms with van der Waals surface area (Å²) in [6.07, 6.45) is 5.39. The predicted octanol–water partition coefficient (Wildman–Crippen LogP) is 2.22. The van der Waals surface area contributed by atoms with E-state index < -0.39 is 0 Å². The topological polar surface area (TPSA) is 76.8 Å². The Morgan fingerprint density at radius 1 is 1.24 bits per heavy atom. The second-order valence-electron chi connectivity index (χ2n) is 5.97. The Bertz CT molecular complexity index is 875. The highest BCUT2D eigenvalue weighted by atomic mass is 16.5. The zero-order chi connectivity index (χ0) is 17.8. The molecule has 0 bridgehead atoms. The number of hydrogen-bond donors (Lipinski definition) is 0. The standard InChI is InChI=1S/C19H19NO5/c1-24-19(23)13-8-10-20(11-9-13)17(21)7-6-14-12-25-16-5-3-2-4-15(16)18(14)22/h2-7,12-13H,8-11H2,1H3/b7-6+. The molecule has 0 atom stereocenters. The maximum absolute atomic E-state index is 12.4. The molecule has 1 saturated heterocycles. The van der Waals surface area contributed by atoms with Gasteiger partial charge in [-0.15, -0.1) is 0 Å². The van der Waals surface area contributed by atoms with E-state index in [0.717, 1.165) is 0 Å². The lowest BCUT2D eigenvalue weighted by Crippen LogP contribution is -2.39. The first-order valence-electron chi connectivity index (χ1n) is 8.15. The number of rotatable bonds is 3. The Kier molecular flexibility index (Phi) is 4.97. The fourth-order valence-corrected chi connectivity index (χ4v) is 2.98. The van der Waals surface area contributed by atoms with Crippen LogP contribution < -0.4 is 5.43 Å². The van der Waals surface area contributed by atoms with Crippen LogP contribution >= 0.6 is 0 Å². The van der Waals surface area contributed by atoms with Crippen LogP contribution in [0.5, 0.6) is 0 Å². The van der Waals surface area contributed by atoms with E-state index in [1.807, 2.05) is 0 Å². The molecule has 2 aromatic rings. The number of piperidine rings is 1. The lowest BCUT2D eigenvalue weighted by atomic mass is 9.97. The molecule has 0 spiro atoms. The highest BCUT2D eigenvalue weighted by molar-refractivity contribution is 5.92. The fourth-order valence-electron chi connectivity index (χ4n) is 2.98. The Balaban J connectivity index is 1.69. The number of methoxy groups -OCH3 is 1. The Hall–Kier alpha value is -2.89. The van der Waals surface area contributed by atoms with Crippen LogP contribution in [0.4, 0.5) is 0 Å². The number of ether oxygens (including phenoxy) is 1. The van der Waals surface area contributed by atoms with E-state index in [9.17, 15) is 14.4 Å². The van der Waals surface area contributed by atoms with E-state index in [1.54, 1.807) is 29.2 Å². The molecular formula is C19H19NO5. The molecule has 0 radical (unpaired) electrons. The normalized spacial score (nSPS) is 15.6. The summed E-state index contributed by atoms with van der Waals surface area (Å²) in [6, 6.07) is 6.98. The van der Waals surface area contributed by atoms with Gasteiger partial charge in [-0.3, -0.25) is 14.4 Å². The monoisotopic (exact) mass is 341 g/mol. The number of benzene rings is 1. The summed E-state index contributed by atoms with van der Waals surface area (Å²) in [7, 11) is 1.37. The molecule has 1 aromatic carbocycles. The highest BCUT2D eigenvalue weighted by Gasteiger charge is 2.27. The number of fused-ring (bicyclic) bond motifs is 1. The summed E-state index contributed by atoms with van der Waals surface area (Å²) in [5.74, 6) is -0.558. The Morgan fingerprint density at radius 3 is 2.68 bits per heavy atom. The first-order chi connectivity index (χ1) is 12.1. The van der Waals surface area contributed by atoms with Gasteiger partial charge in [-0.1, -0.05) is 12.1 Å². The number of amides is 1. The lowest BCUT2D eigenvalue weighted by molar-refractivity contribution is -0.148. The molecule has 0 unspecified atom stereocenters. The van der Waals surface area contributed by atoms with Gasteiger partial charge in [-0.25, -0.2) is 0 Å². The molecule has 1 amide bonds. The minimum absolute atomic E-state index is 0.148. The maximum Gasteiger partial charge on any atom is 0.308 e. The summed E-state index contributed by atoms with van der Waals surface area (Å²) < 4.78 is 10.2. The number of likely N-dealkylation sites (tertiary alicyclic amines) is 1. The quantitative estimate of drug-likeness (QED) is 0.632. The van der Waals surface area contributed by atoms with Crippen LogP contribution in [0.15, 0.2) is 45.8 Å². The van der Waals surface area contributed by atoms with Crippen LogP contribution in [0.3, 0.4) is 0 Å². The van der Waals surface area contributed by atoms with Gasteiger partial charge in [0.15, 0.2) is 5.43 Å². The predicted molar refractivity (Wildman–Crippen MR) is 92.8 cm³/mol. The van der Waals surface area contributed by atoms with Crippen molar-refractivity contribution in [3.8, 4) is 0 Å². The van der Waals surface area contributed by atoms with Gasteiger partial charge in [0.2, 0.25) is 5.91 Å². The number of carbonyl (C=O) groups excluding carboxylic acids is 2.